The molecule has 24 heavy (non-hydrogen) atoms. The number of amides is 1. The van der Waals surface area contributed by atoms with Crippen LogP contribution in [-0.2, 0) is 16.0 Å². The minimum atomic E-state index is -0.799. The van der Waals surface area contributed by atoms with Crippen LogP contribution in [0, 0.1) is 0 Å². The average molecular weight is 366 g/mol. The second kappa shape index (κ2) is 8.74. The van der Waals surface area contributed by atoms with E-state index in [-0.39, 0.29) is 12.3 Å². The number of H-pyrrole nitrogens is 1. The average Bonchev–Trinajstić information content (AvgIpc) is 3.12. The SMILES string of the molecule is COC(=O)[C@@H](Cc1cnc[nH]1)NC(=O)c1cc(SC)nc(SC)c1. The summed E-state index contributed by atoms with van der Waals surface area (Å²) in [6.45, 7) is 0. The van der Waals surface area contributed by atoms with E-state index in [1.54, 1.807) is 18.3 Å². The Balaban J connectivity index is 2.19. The summed E-state index contributed by atoms with van der Waals surface area (Å²) < 4.78 is 4.78. The number of imidazole rings is 1. The fourth-order valence-corrected chi connectivity index (χ4v) is 2.94. The number of aromatic amines is 1. The van der Waals surface area contributed by atoms with Gasteiger partial charge in [0.1, 0.15) is 6.04 Å². The Morgan fingerprint density at radius 3 is 2.46 bits per heavy atom. The highest BCUT2D eigenvalue weighted by Gasteiger charge is 2.23. The molecule has 2 N–H and O–H groups in total. The van der Waals surface area contributed by atoms with Crippen molar-refractivity contribution in [3.05, 3.63) is 35.9 Å². The molecule has 1 atom stereocenters. The van der Waals surface area contributed by atoms with Crippen molar-refractivity contribution >= 4 is 35.4 Å². The first-order valence-electron chi connectivity index (χ1n) is 7.03. The van der Waals surface area contributed by atoms with Crippen LogP contribution in [0.5, 0.6) is 0 Å². The molecule has 9 heteroatoms. The van der Waals surface area contributed by atoms with Gasteiger partial charge in [-0.05, 0) is 24.6 Å². The van der Waals surface area contributed by atoms with E-state index < -0.39 is 12.0 Å². The number of aromatic nitrogens is 3. The van der Waals surface area contributed by atoms with E-state index >= 15 is 0 Å². The van der Waals surface area contributed by atoms with E-state index in [1.807, 2.05) is 12.5 Å². The third-order valence-corrected chi connectivity index (χ3v) is 4.48. The van der Waals surface area contributed by atoms with Crippen LogP contribution in [0.15, 0.2) is 34.7 Å². The highest BCUT2D eigenvalue weighted by Crippen LogP contribution is 2.20. The molecule has 2 rings (SSSR count). The van der Waals surface area contributed by atoms with E-state index in [0.29, 0.717) is 5.56 Å². The largest absolute Gasteiger partial charge is 0.467 e. The molecular weight excluding hydrogens is 348 g/mol. The first-order chi connectivity index (χ1) is 11.6. The highest BCUT2D eigenvalue weighted by atomic mass is 32.2. The summed E-state index contributed by atoms with van der Waals surface area (Å²) in [6.07, 6.45) is 7.18. The second-order valence-electron chi connectivity index (χ2n) is 4.77. The van der Waals surface area contributed by atoms with Gasteiger partial charge in [0.25, 0.3) is 5.91 Å². The van der Waals surface area contributed by atoms with Crippen molar-refractivity contribution in [3.63, 3.8) is 0 Å². The van der Waals surface area contributed by atoms with Gasteiger partial charge in [-0.1, -0.05) is 0 Å². The molecule has 128 valence electrons. The molecule has 0 fully saturated rings. The van der Waals surface area contributed by atoms with Crippen molar-refractivity contribution < 1.29 is 14.3 Å². The number of pyridine rings is 1. The first-order valence-corrected chi connectivity index (χ1v) is 9.48. The number of methoxy groups -OCH3 is 1. The number of carbonyl (C=O) groups excluding carboxylic acids is 2. The van der Waals surface area contributed by atoms with Crippen LogP contribution in [0.25, 0.3) is 0 Å². The molecule has 0 unspecified atom stereocenters. The zero-order chi connectivity index (χ0) is 17.5. The van der Waals surface area contributed by atoms with E-state index in [0.717, 1.165) is 15.7 Å². The molecule has 0 aliphatic heterocycles. The number of rotatable bonds is 7. The van der Waals surface area contributed by atoms with E-state index in [2.05, 4.69) is 20.3 Å². The normalized spacial score (nSPS) is 11.8. The topological polar surface area (TPSA) is 97.0 Å². The smallest absolute Gasteiger partial charge is 0.328 e. The van der Waals surface area contributed by atoms with E-state index in [4.69, 9.17) is 4.74 Å². The Labute approximate surface area is 148 Å². The number of nitrogens with zero attached hydrogens (tertiary/aromatic N) is 2. The Hall–Kier alpha value is -2.00. The van der Waals surface area contributed by atoms with Gasteiger partial charge in [-0.3, -0.25) is 4.79 Å². The molecule has 0 saturated heterocycles. The van der Waals surface area contributed by atoms with Gasteiger partial charge in [0.05, 0.1) is 23.5 Å². The molecule has 0 aromatic carbocycles. The number of hydrogen-bond donors (Lipinski definition) is 2. The quantitative estimate of drug-likeness (QED) is 0.569. The summed E-state index contributed by atoms with van der Waals surface area (Å²) in [7, 11) is 1.29. The van der Waals surface area contributed by atoms with Crippen molar-refractivity contribution in [1.82, 2.24) is 20.3 Å². The van der Waals surface area contributed by atoms with Crippen LogP contribution in [-0.4, -0.2) is 52.5 Å². The van der Waals surface area contributed by atoms with Crippen molar-refractivity contribution in [2.45, 2.75) is 22.5 Å². The van der Waals surface area contributed by atoms with Gasteiger partial charge >= 0.3 is 5.97 Å². The van der Waals surface area contributed by atoms with Gasteiger partial charge in [0.2, 0.25) is 0 Å². The summed E-state index contributed by atoms with van der Waals surface area (Å²) in [5.74, 6) is -0.861. The lowest BCUT2D eigenvalue weighted by atomic mass is 10.1. The van der Waals surface area contributed by atoms with Crippen LogP contribution < -0.4 is 5.32 Å². The molecule has 0 aliphatic rings. The molecule has 0 aliphatic carbocycles. The predicted octanol–water partition coefficient (Wildman–Crippen LogP) is 1.76. The first kappa shape index (κ1) is 18.3. The number of ether oxygens (including phenoxy) is 1. The van der Waals surface area contributed by atoms with Gasteiger partial charge in [0, 0.05) is 23.9 Å². The van der Waals surface area contributed by atoms with Crippen LogP contribution in [0.2, 0.25) is 0 Å². The molecule has 0 bridgehead atoms. The van der Waals surface area contributed by atoms with Gasteiger partial charge in [-0.15, -0.1) is 23.5 Å². The maximum Gasteiger partial charge on any atom is 0.328 e. The zero-order valence-corrected chi connectivity index (χ0v) is 15.2. The number of nitrogens with one attached hydrogen (secondary N) is 2. The summed E-state index contributed by atoms with van der Waals surface area (Å²) in [5.41, 5.74) is 1.19. The lowest BCUT2D eigenvalue weighted by Gasteiger charge is -2.16. The number of esters is 1. The lowest BCUT2D eigenvalue weighted by Crippen LogP contribution is -2.43. The Kier molecular flexibility index (Phi) is 6.68. The van der Waals surface area contributed by atoms with Gasteiger partial charge in [0.15, 0.2) is 0 Å². The molecular formula is C15H18N4O3S2. The molecule has 2 aromatic heterocycles. The fourth-order valence-electron chi connectivity index (χ4n) is 2.01. The van der Waals surface area contributed by atoms with Crippen molar-refractivity contribution in [2.24, 2.45) is 0 Å². The summed E-state index contributed by atoms with van der Waals surface area (Å²) in [6, 6.07) is 2.60. The van der Waals surface area contributed by atoms with Crippen LogP contribution >= 0.6 is 23.5 Å². The minimum Gasteiger partial charge on any atom is -0.467 e. The molecule has 0 spiro atoms. The molecule has 2 heterocycles. The molecule has 0 radical (unpaired) electrons. The number of hydrogen-bond acceptors (Lipinski definition) is 7. The van der Waals surface area contributed by atoms with Gasteiger partial charge in [-0.25, -0.2) is 14.8 Å². The molecule has 0 saturated carbocycles. The lowest BCUT2D eigenvalue weighted by molar-refractivity contribution is -0.142. The van der Waals surface area contributed by atoms with Crippen LogP contribution in [0.3, 0.4) is 0 Å². The Bertz CT molecular complexity index is 684. The minimum absolute atomic E-state index is 0.272. The van der Waals surface area contributed by atoms with Crippen LogP contribution in [0.4, 0.5) is 0 Å². The zero-order valence-electron chi connectivity index (χ0n) is 13.5. The van der Waals surface area contributed by atoms with Crippen molar-refractivity contribution in [2.75, 3.05) is 19.6 Å². The maximum atomic E-state index is 12.5. The van der Waals surface area contributed by atoms with Crippen molar-refractivity contribution in [3.8, 4) is 0 Å². The Morgan fingerprint density at radius 2 is 1.96 bits per heavy atom. The fraction of sp³-hybridized carbons (Fsp3) is 0.333. The predicted molar refractivity (Wildman–Crippen MR) is 93.4 cm³/mol. The third-order valence-electron chi connectivity index (χ3n) is 3.23. The molecule has 2 aromatic rings. The summed E-state index contributed by atoms with van der Waals surface area (Å²) in [5, 5.41) is 4.21. The van der Waals surface area contributed by atoms with Crippen LogP contribution in [0.1, 0.15) is 16.1 Å². The van der Waals surface area contributed by atoms with E-state index in [1.165, 1.54) is 37.0 Å². The van der Waals surface area contributed by atoms with Gasteiger partial charge < -0.3 is 15.0 Å². The van der Waals surface area contributed by atoms with Gasteiger partial charge in [-0.2, -0.15) is 0 Å². The number of carbonyl (C=O) groups is 2. The summed E-state index contributed by atoms with van der Waals surface area (Å²) in [4.78, 5) is 35.7. The number of thioether (sulfide) groups is 2. The Morgan fingerprint density at radius 1 is 1.29 bits per heavy atom. The second-order valence-corrected chi connectivity index (χ2v) is 6.42. The highest BCUT2D eigenvalue weighted by molar-refractivity contribution is 7.99. The van der Waals surface area contributed by atoms with Crippen molar-refractivity contribution in [1.29, 1.82) is 0 Å². The maximum absolute atomic E-state index is 12.5. The monoisotopic (exact) mass is 366 g/mol. The molecule has 7 nitrogen and oxygen atoms in total. The standard InChI is InChI=1S/C15H18N4O3S2/c1-22-15(21)11(6-10-7-16-8-17-10)18-14(20)9-4-12(23-2)19-13(5-9)24-3/h4-5,7-8,11H,6H2,1-3H3,(H,16,17)(H,18,20)/t11-/m1/s1. The summed E-state index contributed by atoms with van der Waals surface area (Å²) >= 11 is 2.91. The van der Waals surface area contributed by atoms with E-state index in [9.17, 15) is 9.59 Å². The molecule has 1 amide bonds. The third kappa shape index (κ3) is 4.75.